The smallest absolute Gasteiger partial charge is 0.150 e. The fourth-order valence-corrected chi connectivity index (χ4v) is 2.07. The van der Waals surface area contributed by atoms with Gasteiger partial charge in [0.15, 0.2) is 0 Å². The summed E-state index contributed by atoms with van der Waals surface area (Å²) in [6, 6.07) is 6.61. The van der Waals surface area contributed by atoms with Gasteiger partial charge < -0.3 is 10.1 Å². The van der Waals surface area contributed by atoms with Gasteiger partial charge in [0.1, 0.15) is 17.3 Å². The van der Waals surface area contributed by atoms with E-state index in [4.69, 9.17) is 4.74 Å². The van der Waals surface area contributed by atoms with Crippen molar-refractivity contribution in [3.8, 4) is 11.5 Å². The Bertz CT molecular complexity index is 590. The average molecular weight is 339 g/mol. The van der Waals surface area contributed by atoms with Crippen molar-refractivity contribution in [3.63, 3.8) is 0 Å². The van der Waals surface area contributed by atoms with Gasteiger partial charge in [0.05, 0.1) is 10.7 Å². The number of aromatic nitrogens is 1. The van der Waals surface area contributed by atoms with Crippen molar-refractivity contribution in [2.24, 2.45) is 0 Å². The second-order valence-electron chi connectivity index (χ2n) is 4.70. The second-order valence-corrected chi connectivity index (χ2v) is 5.55. The Kier molecular flexibility index (Phi) is 5.09. The number of hydrogen-bond donors (Lipinski definition) is 1. The SMILES string of the molecule is CC(C)NCc1ccncc1Oc1ccc(F)cc1Br. The molecule has 1 aromatic carbocycles. The lowest BCUT2D eigenvalue weighted by Crippen LogP contribution is -2.22. The van der Waals surface area contributed by atoms with E-state index < -0.39 is 0 Å². The van der Waals surface area contributed by atoms with E-state index in [1.165, 1.54) is 12.1 Å². The predicted octanol–water partition coefficient (Wildman–Crippen LogP) is 4.27. The van der Waals surface area contributed by atoms with Gasteiger partial charge in [-0.05, 0) is 40.2 Å². The van der Waals surface area contributed by atoms with E-state index in [1.54, 1.807) is 18.5 Å². The molecule has 0 spiro atoms. The zero-order chi connectivity index (χ0) is 14.5. The second kappa shape index (κ2) is 6.81. The highest BCUT2D eigenvalue weighted by atomic mass is 79.9. The fourth-order valence-electron chi connectivity index (χ4n) is 1.64. The lowest BCUT2D eigenvalue weighted by atomic mass is 10.2. The molecule has 106 valence electrons. The summed E-state index contributed by atoms with van der Waals surface area (Å²) in [5, 5.41) is 3.33. The largest absolute Gasteiger partial charge is 0.454 e. The predicted molar refractivity (Wildman–Crippen MR) is 80.4 cm³/mol. The van der Waals surface area contributed by atoms with Gasteiger partial charge in [-0.2, -0.15) is 0 Å². The molecule has 0 unspecified atom stereocenters. The van der Waals surface area contributed by atoms with Crippen LogP contribution in [0.15, 0.2) is 41.1 Å². The minimum absolute atomic E-state index is 0.308. The van der Waals surface area contributed by atoms with Crippen LogP contribution in [0.1, 0.15) is 19.4 Å². The van der Waals surface area contributed by atoms with Crippen LogP contribution in [-0.4, -0.2) is 11.0 Å². The van der Waals surface area contributed by atoms with Crippen LogP contribution >= 0.6 is 15.9 Å². The normalized spacial score (nSPS) is 10.8. The molecule has 2 aromatic rings. The Morgan fingerprint density at radius 1 is 1.30 bits per heavy atom. The summed E-state index contributed by atoms with van der Waals surface area (Å²) < 4.78 is 19.5. The summed E-state index contributed by atoms with van der Waals surface area (Å²) >= 11 is 3.29. The molecule has 2 rings (SSSR count). The number of benzene rings is 1. The van der Waals surface area contributed by atoms with Crippen LogP contribution in [-0.2, 0) is 6.54 Å². The molecule has 0 radical (unpaired) electrons. The van der Waals surface area contributed by atoms with Crippen molar-refractivity contribution in [3.05, 3.63) is 52.5 Å². The highest BCUT2D eigenvalue weighted by Crippen LogP contribution is 2.31. The summed E-state index contributed by atoms with van der Waals surface area (Å²) in [4.78, 5) is 4.07. The zero-order valence-electron chi connectivity index (χ0n) is 11.4. The Morgan fingerprint density at radius 2 is 2.10 bits per heavy atom. The first-order valence-electron chi connectivity index (χ1n) is 6.35. The molecule has 0 bridgehead atoms. The van der Waals surface area contributed by atoms with E-state index in [9.17, 15) is 4.39 Å². The number of ether oxygens (including phenoxy) is 1. The maximum Gasteiger partial charge on any atom is 0.150 e. The molecule has 0 fully saturated rings. The quantitative estimate of drug-likeness (QED) is 0.883. The molecule has 1 aromatic heterocycles. The molecule has 0 atom stereocenters. The molecule has 0 aliphatic heterocycles. The first-order valence-corrected chi connectivity index (χ1v) is 7.14. The molecule has 5 heteroatoms. The topological polar surface area (TPSA) is 34.2 Å². The number of halogens is 2. The Hall–Kier alpha value is -1.46. The maximum absolute atomic E-state index is 13.1. The van der Waals surface area contributed by atoms with Gasteiger partial charge in [0, 0.05) is 24.3 Å². The summed E-state index contributed by atoms with van der Waals surface area (Å²) in [6.45, 7) is 4.85. The van der Waals surface area contributed by atoms with Crippen LogP contribution in [0.25, 0.3) is 0 Å². The van der Waals surface area contributed by atoms with Gasteiger partial charge in [-0.25, -0.2) is 4.39 Å². The minimum Gasteiger partial charge on any atom is -0.454 e. The van der Waals surface area contributed by atoms with E-state index >= 15 is 0 Å². The standard InChI is InChI=1S/C15H16BrFN2O/c1-10(2)19-8-11-5-6-18-9-15(11)20-14-4-3-12(17)7-13(14)16/h3-7,9-10,19H,8H2,1-2H3. The van der Waals surface area contributed by atoms with Gasteiger partial charge in [-0.1, -0.05) is 13.8 Å². The van der Waals surface area contributed by atoms with E-state index in [0.29, 0.717) is 28.6 Å². The monoisotopic (exact) mass is 338 g/mol. The number of pyridine rings is 1. The van der Waals surface area contributed by atoms with E-state index in [-0.39, 0.29) is 5.82 Å². The number of hydrogen-bond acceptors (Lipinski definition) is 3. The van der Waals surface area contributed by atoms with Crippen LogP contribution in [0.5, 0.6) is 11.5 Å². The zero-order valence-corrected chi connectivity index (χ0v) is 12.9. The molecular weight excluding hydrogens is 323 g/mol. The molecule has 0 amide bonds. The lowest BCUT2D eigenvalue weighted by Gasteiger charge is -2.13. The molecule has 0 saturated carbocycles. The van der Waals surface area contributed by atoms with Gasteiger partial charge in [0.25, 0.3) is 0 Å². The van der Waals surface area contributed by atoms with Crippen molar-refractivity contribution in [1.29, 1.82) is 0 Å². The van der Waals surface area contributed by atoms with Crippen molar-refractivity contribution in [2.45, 2.75) is 26.4 Å². The molecular formula is C15H16BrFN2O. The van der Waals surface area contributed by atoms with Crippen molar-refractivity contribution < 1.29 is 9.13 Å². The first-order chi connectivity index (χ1) is 9.56. The summed E-state index contributed by atoms with van der Waals surface area (Å²) in [6.07, 6.45) is 3.39. The molecule has 20 heavy (non-hydrogen) atoms. The maximum atomic E-state index is 13.1. The third-order valence-electron chi connectivity index (χ3n) is 2.68. The van der Waals surface area contributed by atoms with Crippen LogP contribution in [0, 0.1) is 5.82 Å². The Morgan fingerprint density at radius 3 is 2.80 bits per heavy atom. The van der Waals surface area contributed by atoms with E-state index in [2.05, 4.69) is 40.1 Å². The van der Waals surface area contributed by atoms with Gasteiger partial charge in [0.2, 0.25) is 0 Å². The lowest BCUT2D eigenvalue weighted by molar-refractivity contribution is 0.462. The Labute approximate surface area is 126 Å². The highest BCUT2D eigenvalue weighted by Gasteiger charge is 2.08. The highest BCUT2D eigenvalue weighted by molar-refractivity contribution is 9.10. The van der Waals surface area contributed by atoms with Crippen molar-refractivity contribution >= 4 is 15.9 Å². The molecule has 1 heterocycles. The summed E-state index contributed by atoms with van der Waals surface area (Å²) in [5.41, 5.74) is 1.00. The summed E-state index contributed by atoms with van der Waals surface area (Å²) in [5.74, 6) is 0.912. The van der Waals surface area contributed by atoms with Crippen LogP contribution in [0.2, 0.25) is 0 Å². The molecule has 0 aliphatic carbocycles. The fraction of sp³-hybridized carbons (Fsp3) is 0.267. The van der Waals surface area contributed by atoms with Gasteiger partial charge in [-0.15, -0.1) is 0 Å². The number of rotatable bonds is 5. The molecule has 1 N–H and O–H groups in total. The summed E-state index contributed by atoms with van der Waals surface area (Å²) in [7, 11) is 0. The first kappa shape index (κ1) is 14.9. The third-order valence-corrected chi connectivity index (χ3v) is 3.30. The van der Waals surface area contributed by atoms with Crippen LogP contribution in [0.4, 0.5) is 4.39 Å². The minimum atomic E-state index is -0.308. The third kappa shape index (κ3) is 4.02. The number of nitrogens with zero attached hydrogens (tertiary/aromatic N) is 1. The molecule has 0 saturated heterocycles. The molecule has 3 nitrogen and oxygen atoms in total. The average Bonchev–Trinajstić information content (AvgIpc) is 2.41. The van der Waals surface area contributed by atoms with Gasteiger partial charge >= 0.3 is 0 Å². The Balaban J connectivity index is 2.20. The van der Waals surface area contributed by atoms with Crippen molar-refractivity contribution in [1.82, 2.24) is 10.3 Å². The van der Waals surface area contributed by atoms with Crippen LogP contribution in [0.3, 0.4) is 0 Å². The van der Waals surface area contributed by atoms with Crippen LogP contribution < -0.4 is 10.1 Å². The van der Waals surface area contributed by atoms with E-state index in [1.807, 2.05) is 6.07 Å². The van der Waals surface area contributed by atoms with E-state index in [0.717, 1.165) is 5.56 Å². The number of nitrogens with one attached hydrogen (secondary N) is 1. The molecule has 0 aliphatic rings. The van der Waals surface area contributed by atoms with Crippen molar-refractivity contribution in [2.75, 3.05) is 0 Å². The van der Waals surface area contributed by atoms with Gasteiger partial charge in [-0.3, -0.25) is 4.98 Å².